The van der Waals surface area contributed by atoms with Gasteiger partial charge >= 0.3 is 12.4 Å². The molecular weight excluding hydrogens is 380 g/mol. The van der Waals surface area contributed by atoms with Crippen LogP contribution in [0.4, 0.5) is 32.0 Å². The minimum Gasteiger partial charge on any atom is -0.457 e. The summed E-state index contributed by atoms with van der Waals surface area (Å²) in [5.74, 6) is -0.968. The van der Waals surface area contributed by atoms with Crippen LogP contribution in [0.15, 0.2) is 48.5 Å². The highest BCUT2D eigenvalue weighted by Gasteiger charge is 2.35. The Morgan fingerprint density at radius 2 is 1.59 bits per heavy atom. The Kier molecular flexibility index (Phi) is 6.32. The number of hydrogen-bond donors (Lipinski definition) is 1. The molecule has 2 aromatic carbocycles. The number of carbonyl (C=O) groups is 1. The zero-order chi connectivity index (χ0) is 20.1. The molecule has 0 aromatic heterocycles. The molecule has 0 aliphatic carbocycles. The Morgan fingerprint density at radius 1 is 0.926 bits per heavy atom. The van der Waals surface area contributed by atoms with Gasteiger partial charge < -0.3 is 14.8 Å². The lowest BCUT2D eigenvalue weighted by molar-refractivity contribution is -0.174. The van der Waals surface area contributed by atoms with Crippen molar-refractivity contribution in [3.05, 3.63) is 54.1 Å². The van der Waals surface area contributed by atoms with E-state index in [0.29, 0.717) is 11.8 Å². The van der Waals surface area contributed by atoms with Crippen molar-refractivity contribution in [2.45, 2.75) is 12.4 Å². The fourth-order valence-electron chi connectivity index (χ4n) is 2.00. The highest BCUT2D eigenvalue weighted by molar-refractivity contribution is 5.92. The minimum absolute atomic E-state index is 0.125. The number of nitrogens with one attached hydrogen (secondary N) is 1. The van der Waals surface area contributed by atoms with Crippen molar-refractivity contribution in [1.82, 2.24) is 0 Å². The molecule has 146 valence electrons. The lowest BCUT2D eigenvalue weighted by Crippen LogP contribution is -2.25. The normalized spacial score (nSPS) is 11.9. The highest BCUT2D eigenvalue weighted by Crippen LogP contribution is 2.38. The van der Waals surface area contributed by atoms with E-state index in [1.165, 1.54) is 6.07 Å². The Bertz CT molecular complexity index is 774. The molecule has 0 fully saturated rings. The second kappa shape index (κ2) is 8.30. The van der Waals surface area contributed by atoms with Crippen molar-refractivity contribution < 1.29 is 40.6 Å². The van der Waals surface area contributed by atoms with Gasteiger partial charge in [-0.15, -0.1) is 0 Å². The smallest absolute Gasteiger partial charge is 0.418 e. The van der Waals surface area contributed by atoms with Crippen LogP contribution in [0.2, 0.25) is 0 Å². The average Bonchev–Trinajstić information content (AvgIpc) is 2.55. The number of anilines is 1. The molecule has 2 rings (SSSR count). The molecule has 0 saturated carbocycles. The number of alkyl halides is 6. The zero-order valence-corrected chi connectivity index (χ0v) is 13.5. The van der Waals surface area contributed by atoms with Gasteiger partial charge in [0.05, 0.1) is 11.3 Å². The third-order valence-electron chi connectivity index (χ3n) is 3.05. The van der Waals surface area contributed by atoms with E-state index in [1.807, 2.05) is 5.32 Å². The monoisotopic (exact) mass is 393 g/mol. The van der Waals surface area contributed by atoms with Crippen LogP contribution in [-0.4, -0.2) is 25.3 Å². The van der Waals surface area contributed by atoms with E-state index in [2.05, 4.69) is 4.74 Å². The lowest BCUT2D eigenvalue weighted by atomic mass is 10.1. The Labute approximate surface area is 149 Å². The van der Waals surface area contributed by atoms with Crippen LogP contribution < -0.4 is 10.1 Å². The van der Waals surface area contributed by atoms with E-state index in [0.717, 1.165) is 6.07 Å². The second-order valence-corrected chi connectivity index (χ2v) is 5.28. The van der Waals surface area contributed by atoms with Crippen molar-refractivity contribution in [3.8, 4) is 11.5 Å². The van der Waals surface area contributed by atoms with Crippen molar-refractivity contribution in [2.75, 3.05) is 18.5 Å². The number of carbonyl (C=O) groups excluding carboxylic acids is 1. The van der Waals surface area contributed by atoms with Gasteiger partial charge in [0, 0.05) is 0 Å². The van der Waals surface area contributed by atoms with Crippen molar-refractivity contribution >= 4 is 11.6 Å². The molecule has 0 aliphatic heterocycles. The average molecular weight is 393 g/mol. The summed E-state index contributed by atoms with van der Waals surface area (Å²) in [4.78, 5) is 11.6. The first-order valence-corrected chi connectivity index (χ1v) is 7.43. The Hall–Kier alpha value is -2.75. The van der Waals surface area contributed by atoms with E-state index in [1.54, 1.807) is 30.3 Å². The predicted octanol–water partition coefficient (Wildman–Crippen LogP) is 5.02. The number of para-hydroxylation sites is 1. The van der Waals surface area contributed by atoms with E-state index in [9.17, 15) is 31.1 Å². The molecule has 27 heavy (non-hydrogen) atoms. The van der Waals surface area contributed by atoms with Crippen LogP contribution in [0, 0.1) is 0 Å². The summed E-state index contributed by atoms with van der Waals surface area (Å²) in [6.45, 7) is -2.73. The van der Waals surface area contributed by atoms with Crippen LogP contribution in [0.1, 0.15) is 5.56 Å². The van der Waals surface area contributed by atoms with Gasteiger partial charge in [0.1, 0.15) is 24.7 Å². The van der Waals surface area contributed by atoms with Crippen LogP contribution in [-0.2, 0) is 15.7 Å². The number of amides is 1. The van der Waals surface area contributed by atoms with Gasteiger partial charge in [0.15, 0.2) is 0 Å². The standard InChI is InChI=1S/C17H13F6NO3/c18-16(19,20)10-26-9-15(25)24-14-7-6-12(8-13(14)17(21,22)23)27-11-4-2-1-3-5-11/h1-8H,9-10H2,(H,24,25). The van der Waals surface area contributed by atoms with Crippen LogP contribution in [0.25, 0.3) is 0 Å². The molecule has 0 atom stereocenters. The molecule has 1 amide bonds. The van der Waals surface area contributed by atoms with Gasteiger partial charge in [0.25, 0.3) is 0 Å². The summed E-state index contributed by atoms with van der Waals surface area (Å²) >= 11 is 0. The highest BCUT2D eigenvalue weighted by atomic mass is 19.4. The molecular formula is C17H13F6NO3. The number of benzene rings is 2. The van der Waals surface area contributed by atoms with Crippen molar-refractivity contribution in [3.63, 3.8) is 0 Å². The molecule has 1 N–H and O–H groups in total. The van der Waals surface area contributed by atoms with E-state index >= 15 is 0 Å². The summed E-state index contributed by atoms with van der Waals surface area (Å²) in [5, 5.41) is 1.89. The SMILES string of the molecule is O=C(COCC(F)(F)F)Nc1ccc(Oc2ccccc2)cc1C(F)(F)F. The van der Waals surface area contributed by atoms with Gasteiger partial charge in [0.2, 0.25) is 5.91 Å². The topological polar surface area (TPSA) is 47.6 Å². The summed E-state index contributed by atoms with van der Waals surface area (Å²) in [6.07, 6.45) is -9.47. The van der Waals surface area contributed by atoms with Gasteiger partial charge in [-0.1, -0.05) is 18.2 Å². The molecule has 0 aliphatic rings. The number of halogens is 6. The Balaban J connectivity index is 2.12. The minimum atomic E-state index is -4.83. The molecule has 0 saturated heterocycles. The fourth-order valence-corrected chi connectivity index (χ4v) is 2.00. The molecule has 4 nitrogen and oxygen atoms in total. The van der Waals surface area contributed by atoms with Gasteiger partial charge in [-0.2, -0.15) is 26.3 Å². The van der Waals surface area contributed by atoms with Gasteiger partial charge in [-0.05, 0) is 30.3 Å². The van der Waals surface area contributed by atoms with Crippen LogP contribution in [0.5, 0.6) is 11.5 Å². The molecule has 2 aromatic rings. The maximum Gasteiger partial charge on any atom is 0.418 e. The molecule has 0 heterocycles. The maximum absolute atomic E-state index is 13.2. The number of hydrogen-bond acceptors (Lipinski definition) is 3. The van der Waals surface area contributed by atoms with Crippen molar-refractivity contribution in [2.24, 2.45) is 0 Å². The Morgan fingerprint density at radius 3 is 2.19 bits per heavy atom. The number of ether oxygens (including phenoxy) is 2. The third-order valence-corrected chi connectivity index (χ3v) is 3.05. The summed E-state index contributed by atoms with van der Waals surface area (Å²) < 4.78 is 85.0. The third kappa shape index (κ3) is 6.81. The van der Waals surface area contributed by atoms with E-state index in [4.69, 9.17) is 4.74 Å². The number of rotatable bonds is 6. The molecule has 0 bridgehead atoms. The maximum atomic E-state index is 13.2. The molecule has 0 spiro atoms. The summed E-state index contributed by atoms with van der Waals surface area (Å²) in [5.41, 5.74) is -1.83. The van der Waals surface area contributed by atoms with E-state index in [-0.39, 0.29) is 5.75 Å². The van der Waals surface area contributed by atoms with Crippen LogP contribution >= 0.6 is 0 Å². The van der Waals surface area contributed by atoms with E-state index < -0.39 is 42.7 Å². The van der Waals surface area contributed by atoms with Crippen LogP contribution in [0.3, 0.4) is 0 Å². The quantitative estimate of drug-likeness (QED) is 0.702. The van der Waals surface area contributed by atoms with Gasteiger partial charge in [-0.25, -0.2) is 0 Å². The molecule has 10 heteroatoms. The second-order valence-electron chi connectivity index (χ2n) is 5.28. The first kappa shape index (κ1) is 20.6. The van der Waals surface area contributed by atoms with Crippen molar-refractivity contribution in [1.29, 1.82) is 0 Å². The van der Waals surface area contributed by atoms with Gasteiger partial charge in [-0.3, -0.25) is 4.79 Å². The first-order valence-electron chi connectivity index (χ1n) is 7.43. The fraction of sp³-hybridized carbons (Fsp3) is 0.235. The first-order chi connectivity index (χ1) is 12.5. The largest absolute Gasteiger partial charge is 0.457 e. The molecule has 0 unspecified atom stereocenters. The lowest BCUT2D eigenvalue weighted by Gasteiger charge is -2.16. The summed E-state index contributed by atoms with van der Waals surface area (Å²) in [6, 6.07) is 10.9. The predicted molar refractivity (Wildman–Crippen MR) is 83.5 cm³/mol. The zero-order valence-electron chi connectivity index (χ0n) is 13.5. The molecule has 0 radical (unpaired) electrons. The summed E-state index contributed by atoms with van der Waals surface area (Å²) in [7, 11) is 0.